The van der Waals surface area contributed by atoms with Gasteiger partial charge in [-0.3, -0.25) is 0 Å². The first-order chi connectivity index (χ1) is 8.69. The molecule has 1 saturated heterocycles. The predicted octanol–water partition coefficient (Wildman–Crippen LogP) is 3.00. The molecule has 3 nitrogen and oxygen atoms in total. The van der Waals surface area contributed by atoms with Crippen LogP contribution in [0.2, 0.25) is 5.02 Å². The summed E-state index contributed by atoms with van der Waals surface area (Å²) in [7, 11) is 1.69. The van der Waals surface area contributed by atoms with Gasteiger partial charge >= 0.3 is 0 Å². The molecule has 18 heavy (non-hydrogen) atoms. The largest absolute Gasteiger partial charge is 0.465 e. The lowest BCUT2D eigenvalue weighted by atomic mass is 10.0. The Balaban J connectivity index is 1.96. The number of hydrogen-bond acceptors (Lipinski definition) is 3. The molecule has 0 spiro atoms. The van der Waals surface area contributed by atoms with Crippen LogP contribution in [0.4, 0.5) is 0 Å². The van der Waals surface area contributed by atoms with Gasteiger partial charge in [-0.15, -0.1) is 0 Å². The van der Waals surface area contributed by atoms with Gasteiger partial charge in [-0.05, 0) is 56.1 Å². The second-order valence-electron chi connectivity index (χ2n) is 4.79. The molecule has 0 bridgehead atoms. The highest BCUT2D eigenvalue weighted by atomic mass is 35.5. The van der Waals surface area contributed by atoms with E-state index in [0.717, 1.165) is 35.8 Å². The fourth-order valence-electron chi connectivity index (χ4n) is 2.27. The van der Waals surface area contributed by atoms with E-state index in [9.17, 15) is 0 Å². The first-order valence-corrected chi connectivity index (χ1v) is 6.73. The van der Waals surface area contributed by atoms with Crippen LogP contribution in [-0.4, -0.2) is 26.5 Å². The molecule has 1 heterocycles. The summed E-state index contributed by atoms with van der Waals surface area (Å²) in [6.07, 6.45) is 1.93. The van der Waals surface area contributed by atoms with Crippen molar-refractivity contribution in [1.82, 2.24) is 5.32 Å². The van der Waals surface area contributed by atoms with Gasteiger partial charge in [0.05, 0.1) is 0 Å². The molecule has 0 aromatic heterocycles. The zero-order valence-electron chi connectivity index (χ0n) is 10.9. The fraction of sp³-hybridized carbons (Fsp3) is 0.571. The highest BCUT2D eigenvalue weighted by Crippen LogP contribution is 2.25. The van der Waals surface area contributed by atoms with Gasteiger partial charge in [0.25, 0.3) is 0 Å². The summed E-state index contributed by atoms with van der Waals surface area (Å²) >= 11 is 5.93. The van der Waals surface area contributed by atoms with Crippen LogP contribution >= 0.6 is 11.6 Å². The highest BCUT2D eigenvalue weighted by Gasteiger charge is 2.21. The SMILES string of the molecule is COC(CC1CCNC1)Oc1ccc(Cl)cc1C. The quantitative estimate of drug-likeness (QED) is 0.834. The summed E-state index contributed by atoms with van der Waals surface area (Å²) in [5.41, 5.74) is 1.04. The van der Waals surface area contributed by atoms with E-state index in [2.05, 4.69) is 5.32 Å². The number of benzene rings is 1. The van der Waals surface area contributed by atoms with E-state index in [-0.39, 0.29) is 6.29 Å². The van der Waals surface area contributed by atoms with Crippen LogP contribution in [-0.2, 0) is 4.74 Å². The monoisotopic (exact) mass is 269 g/mol. The van der Waals surface area contributed by atoms with E-state index in [4.69, 9.17) is 21.1 Å². The summed E-state index contributed by atoms with van der Waals surface area (Å²) in [6, 6.07) is 5.64. The molecular weight excluding hydrogens is 250 g/mol. The van der Waals surface area contributed by atoms with Crippen LogP contribution in [0.3, 0.4) is 0 Å². The minimum Gasteiger partial charge on any atom is -0.465 e. The molecular formula is C14H20ClNO2. The van der Waals surface area contributed by atoms with Gasteiger partial charge in [0.1, 0.15) is 5.75 Å². The molecule has 1 aromatic rings. The smallest absolute Gasteiger partial charge is 0.199 e. The maximum Gasteiger partial charge on any atom is 0.199 e. The molecule has 1 aromatic carbocycles. The average Bonchev–Trinajstić information content (AvgIpc) is 2.84. The Morgan fingerprint density at radius 2 is 2.33 bits per heavy atom. The Kier molecular flexibility index (Phi) is 4.87. The lowest BCUT2D eigenvalue weighted by Crippen LogP contribution is -2.24. The van der Waals surface area contributed by atoms with Crippen LogP contribution in [0.25, 0.3) is 0 Å². The van der Waals surface area contributed by atoms with Crippen molar-refractivity contribution in [3.05, 3.63) is 28.8 Å². The van der Waals surface area contributed by atoms with Crippen molar-refractivity contribution in [1.29, 1.82) is 0 Å². The van der Waals surface area contributed by atoms with Crippen molar-refractivity contribution in [2.75, 3.05) is 20.2 Å². The molecule has 2 atom stereocenters. The lowest BCUT2D eigenvalue weighted by Gasteiger charge is -2.21. The molecule has 100 valence electrons. The number of ether oxygens (including phenoxy) is 2. The van der Waals surface area contributed by atoms with Crippen molar-refractivity contribution in [2.24, 2.45) is 5.92 Å². The van der Waals surface area contributed by atoms with Crippen molar-refractivity contribution in [3.8, 4) is 5.75 Å². The van der Waals surface area contributed by atoms with E-state index < -0.39 is 0 Å². The zero-order valence-corrected chi connectivity index (χ0v) is 11.7. The molecule has 0 aliphatic carbocycles. The van der Waals surface area contributed by atoms with E-state index >= 15 is 0 Å². The number of halogens is 1. The number of rotatable bonds is 5. The Labute approximate surface area is 113 Å². The zero-order chi connectivity index (χ0) is 13.0. The van der Waals surface area contributed by atoms with Gasteiger partial charge in [0.15, 0.2) is 6.29 Å². The molecule has 0 amide bonds. The Morgan fingerprint density at radius 3 is 2.94 bits per heavy atom. The van der Waals surface area contributed by atoms with E-state index in [0.29, 0.717) is 5.92 Å². The molecule has 2 unspecified atom stereocenters. The van der Waals surface area contributed by atoms with Crippen LogP contribution < -0.4 is 10.1 Å². The highest BCUT2D eigenvalue weighted by molar-refractivity contribution is 6.30. The number of methoxy groups -OCH3 is 1. The van der Waals surface area contributed by atoms with E-state index in [1.807, 2.05) is 25.1 Å². The number of hydrogen-bond donors (Lipinski definition) is 1. The number of nitrogens with one attached hydrogen (secondary N) is 1. The third kappa shape index (κ3) is 3.61. The lowest BCUT2D eigenvalue weighted by molar-refractivity contribution is -0.0666. The molecule has 1 N–H and O–H groups in total. The first-order valence-electron chi connectivity index (χ1n) is 6.35. The summed E-state index contributed by atoms with van der Waals surface area (Å²) in [5.74, 6) is 1.49. The Morgan fingerprint density at radius 1 is 1.50 bits per heavy atom. The normalized spacial score (nSPS) is 20.9. The van der Waals surface area contributed by atoms with Crippen molar-refractivity contribution >= 4 is 11.6 Å². The van der Waals surface area contributed by atoms with Crippen molar-refractivity contribution in [2.45, 2.75) is 26.1 Å². The van der Waals surface area contributed by atoms with Crippen LogP contribution in [0.5, 0.6) is 5.75 Å². The van der Waals surface area contributed by atoms with Gasteiger partial charge in [0, 0.05) is 18.6 Å². The summed E-state index contributed by atoms with van der Waals surface area (Å²) in [6.45, 7) is 4.15. The van der Waals surface area contributed by atoms with Gasteiger partial charge < -0.3 is 14.8 Å². The van der Waals surface area contributed by atoms with Crippen molar-refractivity contribution in [3.63, 3.8) is 0 Å². The van der Waals surface area contributed by atoms with Gasteiger partial charge in [0.2, 0.25) is 0 Å². The molecule has 1 aliphatic rings. The van der Waals surface area contributed by atoms with Gasteiger partial charge in [-0.25, -0.2) is 0 Å². The summed E-state index contributed by atoms with van der Waals surface area (Å²) < 4.78 is 11.3. The molecule has 1 aliphatic heterocycles. The minimum atomic E-state index is -0.185. The van der Waals surface area contributed by atoms with Gasteiger partial charge in [-0.1, -0.05) is 11.6 Å². The second-order valence-corrected chi connectivity index (χ2v) is 5.22. The predicted molar refractivity (Wildman–Crippen MR) is 73.2 cm³/mol. The molecule has 4 heteroatoms. The summed E-state index contributed by atoms with van der Waals surface area (Å²) in [5, 5.41) is 4.09. The van der Waals surface area contributed by atoms with Crippen LogP contribution in [0.1, 0.15) is 18.4 Å². The van der Waals surface area contributed by atoms with Crippen LogP contribution in [0, 0.1) is 12.8 Å². The number of aryl methyl sites for hydroxylation is 1. The Bertz CT molecular complexity index is 391. The Hall–Kier alpha value is -0.770. The molecule has 1 fully saturated rings. The van der Waals surface area contributed by atoms with Crippen molar-refractivity contribution < 1.29 is 9.47 Å². The third-order valence-electron chi connectivity index (χ3n) is 3.35. The topological polar surface area (TPSA) is 30.5 Å². The molecule has 0 saturated carbocycles. The summed E-state index contributed by atoms with van der Waals surface area (Å²) in [4.78, 5) is 0. The van der Waals surface area contributed by atoms with E-state index in [1.54, 1.807) is 7.11 Å². The van der Waals surface area contributed by atoms with E-state index in [1.165, 1.54) is 6.42 Å². The fourth-order valence-corrected chi connectivity index (χ4v) is 2.49. The minimum absolute atomic E-state index is 0.185. The molecule has 2 rings (SSSR count). The first kappa shape index (κ1) is 13.7. The average molecular weight is 270 g/mol. The maximum absolute atomic E-state index is 5.93. The van der Waals surface area contributed by atoms with Crippen LogP contribution in [0.15, 0.2) is 18.2 Å². The molecule has 0 radical (unpaired) electrons. The standard InChI is InChI=1S/C14H20ClNO2/c1-10-7-12(15)3-4-13(10)18-14(17-2)8-11-5-6-16-9-11/h3-4,7,11,14,16H,5-6,8-9H2,1-2H3. The van der Waals surface area contributed by atoms with Gasteiger partial charge in [-0.2, -0.15) is 0 Å². The second kappa shape index (κ2) is 6.41. The third-order valence-corrected chi connectivity index (χ3v) is 3.58. The maximum atomic E-state index is 5.93.